The quantitative estimate of drug-likeness (QED) is 0.660. The van der Waals surface area contributed by atoms with Gasteiger partial charge in [0.05, 0.1) is 5.54 Å². The Kier molecular flexibility index (Phi) is 5.71. The number of Topliss-reactive ketones (excluding diaryl/α,β-unsaturated/α-hetero) is 1. The van der Waals surface area contributed by atoms with Crippen molar-refractivity contribution in [3.63, 3.8) is 0 Å². The predicted octanol–water partition coefficient (Wildman–Crippen LogP) is 3.01. The maximum atomic E-state index is 12.5. The van der Waals surface area contributed by atoms with Gasteiger partial charge in [-0.15, -0.1) is 11.8 Å². The molecule has 17 heavy (non-hydrogen) atoms. The van der Waals surface area contributed by atoms with E-state index in [-0.39, 0.29) is 5.54 Å². The third-order valence-corrected chi connectivity index (χ3v) is 4.05. The summed E-state index contributed by atoms with van der Waals surface area (Å²) in [5, 5.41) is 0. The van der Waals surface area contributed by atoms with E-state index in [0.717, 1.165) is 25.9 Å². The van der Waals surface area contributed by atoms with Crippen LogP contribution in [0, 0.1) is 11.8 Å². The van der Waals surface area contributed by atoms with Gasteiger partial charge in [-0.2, -0.15) is 0 Å². The Hall–Kier alpha value is -0.810. The Balaban J connectivity index is 2.73. The molecule has 1 fully saturated rings. The SMILES string of the molecule is CC#CCCC(=O)C(CC)(CC)N1CCCC1. The van der Waals surface area contributed by atoms with Gasteiger partial charge in [-0.1, -0.05) is 13.8 Å². The van der Waals surface area contributed by atoms with E-state index >= 15 is 0 Å². The van der Waals surface area contributed by atoms with Gasteiger partial charge >= 0.3 is 0 Å². The maximum absolute atomic E-state index is 12.5. The second-order valence-electron chi connectivity index (χ2n) is 4.78. The van der Waals surface area contributed by atoms with Gasteiger partial charge in [0.2, 0.25) is 0 Å². The summed E-state index contributed by atoms with van der Waals surface area (Å²) in [5.41, 5.74) is -0.202. The average molecular weight is 235 g/mol. The fourth-order valence-corrected chi connectivity index (χ4v) is 2.95. The summed E-state index contributed by atoms with van der Waals surface area (Å²) in [6.45, 7) is 8.30. The van der Waals surface area contributed by atoms with E-state index in [1.807, 2.05) is 6.92 Å². The first-order valence-electron chi connectivity index (χ1n) is 6.89. The topological polar surface area (TPSA) is 20.3 Å². The molecule has 1 heterocycles. The predicted molar refractivity (Wildman–Crippen MR) is 71.8 cm³/mol. The fraction of sp³-hybridized carbons (Fsp3) is 0.800. The Morgan fingerprint density at radius 2 is 1.82 bits per heavy atom. The molecule has 0 saturated carbocycles. The zero-order valence-corrected chi connectivity index (χ0v) is 11.5. The van der Waals surface area contributed by atoms with Crippen molar-refractivity contribution in [3.05, 3.63) is 0 Å². The van der Waals surface area contributed by atoms with Crippen LogP contribution in [-0.2, 0) is 4.79 Å². The summed E-state index contributed by atoms with van der Waals surface area (Å²) in [6, 6.07) is 0. The van der Waals surface area contributed by atoms with Gasteiger partial charge in [0.25, 0.3) is 0 Å². The van der Waals surface area contributed by atoms with Gasteiger partial charge in [0, 0.05) is 12.8 Å². The van der Waals surface area contributed by atoms with Crippen molar-refractivity contribution < 1.29 is 4.79 Å². The number of carbonyl (C=O) groups is 1. The highest BCUT2D eigenvalue weighted by molar-refractivity contribution is 5.88. The van der Waals surface area contributed by atoms with Crippen LogP contribution in [0.2, 0.25) is 0 Å². The molecule has 2 nitrogen and oxygen atoms in total. The lowest BCUT2D eigenvalue weighted by atomic mass is 9.84. The van der Waals surface area contributed by atoms with Crippen molar-refractivity contribution in [3.8, 4) is 11.8 Å². The van der Waals surface area contributed by atoms with Gasteiger partial charge in [-0.25, -0.2) is 0 Å². The van der Waals surface area contributed by atoms with Crippen molar-refractivity contribution in [2.75, 3.05) is 13.1 Å². The number of carbonyl (C=O) groups excluding carboxylic acids is 1. The smallest absolute Gasteiger partial charge is 0.154 e. The summed E-state index contributed by atoms with van der Waals surface area (Å²) in [6.07, 6.45) is 5.67. The number of likely N-dealkylation sites (tertiary alicyclic amines) is 1. The minimum Gasteiger partial charge on any atom is -0.298 e. The third-order valence-electron chi connectivity index (χ3n) is 4.05. The summed E-state index contributed by atoms with van der Waals surface area (Å²) in [5.74, 6) is 6.26. The largest absolute Gasteiger partial charge is 0.298 e. The normalized spacial score (nSPS) is 16.6. The first-order valence-corrected chi connectivity index (χ1v) is 6.89. The Labute approximate surface area is 106 Å². The van der Waals surface area contributed by atoms with Gasteiger partial charge in [-0.3, -0.25) is 9.69 Å². The first kappa shape index (κ1) is 14.3. The van der Waals surface area contributed by atoms with E-state index in [9.17, 15) is 4.79 Å². The molecule has 0 spiro atoms. The van der Waals surface area contributed by atoms with E-state index in [4.69, 9.17) is 0 Å². The third kappa shape index (κ3) is 3.10. The zero-order chi connectivity index (χ0) is 12.7. The lowest BCUT2D eigenvalue weighted by Gasteiger charge is -2.39. The molecular weight excluding hydrogens is 210 g/mol. The number of rotatable bonds is 6. The summed E-state index contributed by atoms with van der Waals surface area (Å²) in [7, 11) is 0. The van der Waals surface area contributed by atoms with Crippen molar-refractivity contribution in [2.24, 2.45) is 0 Å². The van der Waals surface area contributed by atoms with Crippen LogP contribution in [0.3, 0.4) is 0 Å². The second-order valence-corrected chi connectivity index (χ2v) is 4.78. The van der Waals surface area contributed by atoms with Crippen LogP contribution in [0.1, 0.15) is 59.3 Å². The van der Waals surface area contributed by atoms with Crippen LogP contribution in [0.15, 0.2) is 0 Å². The van der Waals surface area contributed by atoms with Crippen molar-refractivity contribution in [1.29, 1.82) is 0 Å². The lowest BCUT2D eigenvalue weighted by molar-refractivity contribution is -0.131. The number of ketones is 1. The van der Waals surface area contributed by atoms with Gasteiger partial charge in [0.15, 0.2) is 5.78 Å². The van der Waals surface area contributed by atoms with Gasteiger partial charge < -0.3 is 0 Å². The molecule has 0 unspecified atom stereocenters. The van der Waals surface area contributed by atoms with Crippen LogP contribution in [-0.4, -0.2) is 29.3 Å². The van der Waals surface area contributed by atoms with Gasteiger partial charge in [0.1, 0.15) is 0 Å². The molecule has 0 radical (unpaired) electrons. The standard InChI is InChI=1S/C15H25NO/c1-4-7-8-11-14(17)15(5-2,6-3)16-12-9-10-13-16/h5-6,8-13H2,1-3H3. The Morgan fingerprint density at radius 1 is 1.24 bits per heavy atom. The average Bonchev–Trinajstić information content (AvgIpc) is 2.86. The second kappa shape index (κ2) is 6.81. The van der Waals surface area contributed by atoms with Crippen molar-refractivity contribution in [1.82, 2.24) is 4.90 Å². The molecule has 96 valence electrons. The molecule has 1 saturated heterocycles. The molecule has 0 aromatic rings. The van der Waals surface area contributed by atoms with Crippen molar-refractivity contribution >= 4 is 5.78 Å². The summed E-state index contributed by atoms with van der Waals surface area (Å²) in [4.78, 5) is 14.9. The highest BCUT2D eigenvalue weighted by atomic mass is 16.1. The molecule has 1 aliphatic rings. The van der Waals surface area contributed by atoms with E-state index < -0.39 is 0 Å². The molecular formula is C15H25NO. The molecule has 0 aromatic carbocycles. The molecule has 0 aromatic heterocycles. The molecule has 0 atom stereocenters. The molecule has 0 bridgehead atoms. The molecule has 2 heteroatoms. The zero-order valence-electron chi connectivity index (χ0n) is 11.5. The highest BCUT2D eigenvalue weighted by Gasteiger charge is 2.40. The van der Waals surface area contributed by atoms with Crippen LogP contribution < -0.4 is 0 Å². The van der Waals surface area contributed by atoms with Crippen molar-refractivity contribution in [2.45, 2.75) is 64.8 Å². The number of nitrogens with zero attached hydrogens (tertiary/aromatic N) is 1. The molecule has 0 amide bonds. The van der Waals surface area contributed by atoms with E-state index in [1.165, 1.54) is 12.8 Å². The monoisotopic (exact) mass is 235 g/mol. The van der Waals surface area contributed by atoms with E-state index in [2.05, 4.69) is 30.6 Å². The van der Waals surface area contributed by atoms with Crippen LogP contribution in [0.5, 0.6) is 0 Å². The highest BCUT2D eigenvalue weighted by Crippen LogP contribution is 2.30. The maximum Gasteiger partial charge on any atom is 0.154 e. The Morgan fingerprint density at radius 3 is 2.29 bits per heavy atom. The first-order chi connectivity index (χ1) is 8.21. The molecule has 0 aliphatic carbocycles. The van der Waals surface area contributed by atoms with Crippen LogP contribution in [0.4, 0.5) is 0 Å². The molecule has 1 rings (SSSR count). The van der Waals surface area contributed by atoms with Crippen LogP contribution >= 0.6 is 0 Å². The van der Waals surface area contributed by atoms with Gasteiger partial charge in [-0.05, 0) is 45.7 Å². The number of hydrogen-bond acceptors (Lipinski definition) is 2. The van der Waals surface area contributed by atoms with E-state index in [0.29, 0.717) is 18.6 Å². The molecule has 1 aliphatic heterocycles. The summed E-state index contributed by atoms with van der Waals surface area (Å²) >= 11 is 0. The Bertz CT molecular complexity index is 301. The van der Waals surface area contributed by atoms with E-state index in [1.54, 1.807) is 0 Å². The number of hydrogen-bond donors (Lipinski definition) is 0. The molecule has 0 N–H and O–H groups in total. The summed E-state index contributed by atoms with van der Waals surface area (Å²) < 4.78 is 0. The lowest BCUT2D eigenvalue weighted by Crippen LogP contribution is -2.52. The minimum absolute atomic E-state index is 0.202. The minimum atomic E-state index is -0.202. The fourth-order valence-electron chi connectivity index (χ4n) is 2.95. The van der Waals surface area contributed by atoms with Crippen LogP contribution in [0.25, 0.3) is 0 Å².